The normalized spacial score (nSPS) is 22.5. The van der Waals surface area contributed by atoms with Crippen molar-refractivity contribution in [2.24, 2.45) is 0 Å². The molecule has 7 heteroatoms. The van der Waals surface area contributed by atoms with Crippen LogP contribution in [0.5, 0.6) is 0 Å². The highest BCUT2D eigenvalue weighted by atomic mass is 79.9. The van der Waals surface area contributed by atoms with E-state index >= 15 is 0 Å². The second-order valence-corrected chi connectivity index (χ2v) is 5.29. The number of carbonyl (C=O) groups is 2. The van der Waals surface area contributed by atoms with E-state index in [1.54, 1.807) is 12.1 Å². The van der Waals surface area contributed by atoms with Crippen LogP contribution in [0, 0.1) is 0 Å². The predicted octanol–water partition coefficient (Wildman–Crippen LogP) is 0.691. The monoisotopic (exact) mass is 328 g/mol. The van der Waals surface area contributed by atoms with E-state index in [0.717, 1.165) is 4.90 Å². The van der Waals surface area contributed by atoms with Crippen molar-refractivity contribution in [1.29, 1.82) is 0 Å². The molecule has 4 N–H and O–H groups in total. The first kappa shape index (κ1) is 13.8. The van der Waals surface area contributed by atoms with Crippen LogP contribution in [0.15, 0.2) is 22.7 Å². The fourth-order valence-electron chi connectivity index (χ4n) is 2.11. The number of carbonyl (C=O) groups excluding carboxylic acids is 1. The fraction of sp³-hybridized carbons (Fsp3) is 0.333. The van der Waals surface area contributed by atoms with Crippen LogP contribution in [-0.2, 0) is 4.79 Å². The topological polar surface area (TPSA) is 104 Å². The second kappa shape index (κ2) is 5.18. The van der Waals surface area contributed by atoms with E-state index in [-0.39, 0.29) is 13.0 Å². The van der Waals surface area contributed by atoms with Gasteiger partial charge < -0.3 is 20.8 Å². The first-order valence-corrected chi connectivity index (χ1v) is 6.46. The molecule has 0 saturated carbocycles. The maximum absolute atomic E-state index is 12.3. The van der Waals surface area contributed by atoms with Crippen molar-refractivity contribution in [1.82, 2.24) is 4.90 Å². The molecule has 2 atom stereocenters. The summed E-state index contributed by atoms with van der Waals surface area (Å²) in [5.41, 5.74) is 6.40. The highest BCUT2D eigenvalue weighted by Crippen LogP contribution is 2.24. The summed E-state index contributed by atoms with van der Waals surface area (Å²) < 4.78 is 0.667. The smallest absolute Gasteiger partial charge is 0.326 e. The third-order valence-corrected chi connectivity index (χ3v) is 3.79. The van der Waals surface area contributed by atoms with E-state index in [2.05, 4.69) is 15.9 Å². The van der Waals surface area contributed by atoms with Crippen LogP contribution >= 0.6 is 15.9 Å². The van der Waals surface area contributed by atoms with Crippen molar-refractivity contribution >= 4 is 33.5 Å². The van der Waals surface area contributed by atoms with Crippen molar-refractivity contribution in [3.63, 3.8) is 0 Å². The molecular weight excluding hydrogens is 316 g/mol. The summed E-state index contributed by atoms with van der Waals surface area (Å²) in [7, 11) is 0. The Kier molecular flexibility index (Phi) is 3.77. The molecule has 1 aliphatic rings. The number of aliphatic hydroxyl groups excluding tert-OH is 1. The van der Waals surface area contributed by atoms with Crippen molar-refractivity contribution in [2.45, 2.75) is 18.6 Å². The van der Waals surface area contributed by atoms with Gasteiger partial charge in [-0.25, -0.2) is 4.79 Å². The summed E-state index contributed by atoms with van der Waals surface area (Å²) in [6.07, 6.45) is -0.759. The van der Waals surface area contributed by atoms with Crippen LogP contribution in [0.25, 0.3) is 0 Å². The van der Waals surface area contributed by atoms with Gasteiger partial charge in [-0.15, -0.1) is 0 Å². The predicted molar refractivity (Wildman–Crippen MR) is 71.6 cm³/mol. The summed E-state index contributed by atoms with van der Waals surface area (Å²) >= 11 is 3.22. The van der Waals surface area contributed by atoms with Gasteiger partial charge in [0.25, 0.3) is 5.91 Å². The molecule has 1 saturated heterocycles. The van der Waals surface area contributed by atoms with Gasteiger partial charge in [-0.1, -0.05) is 0 Å². The molecular formula is C12H13BrN2O4. The largest absolute Gasteiger partial charge is 0.480 e. The van der Waals surface area contributed by atoms with Gasteiger partial charge in [-0.05, 0) is 34.1 Å². The number of hydrogen-bond acceptors (Lipinski definition) is 4. The minimum absolute atomic E-state index is 0.0196. The third-order valence-electron chi connectivity index (χ3n) is 3.07. The number of nitrogens with zero attached hydrogens (tertiary/aromatic N) is 1. The molecule has 1 heterocycles. The molecule has 1 amide bonds. The average molecular weight is 329 g/mol. The highest BCUT2D eigenvalue weighted by molar-refractivity contribution is 9.10. The first-order chi connectivity index (χ1) is 8.90. The van der Waals surface area contributed by atoms with Crippen LogP contribution in [0.3, 0.4) is 0 Å². The number of anilines is 1. The highest BCUT2D eigenvalue weighted by Gasteiger charge is 2.39. The van der Waals surface area contributed by atoms with Crippen LogP contribution in [0.1, 0.15) is 16.8 Å². The van der Waals surface area contributed by atoms with Crippen LogP contribution in [0.2, 0.25) is 0 Å². The number of β-amino-alcohol motifs (C(OH)–C–C–N with tert-alkyl or cyclic N) is 1. The third kappa shape index (κ3) is 2.71. The first-order valence-electron chi connectivity index (χ1n) is 5.67. The zero-order chi connectivity index (χ0) is 14.2. The van der Waals surface area contributed by atoms with Crippen LogP contribution in [0.4, 0.5) is 5.69 Å². The molecule has 0 aliphatic carbocycles. The van der Waals surface area contributed by atoms with E-state index in [0.29, 0.717) is 15.7 Å². The molecule has 19 heavy (non-hydrogen) atoms. The number of carboxylic acid groups (broad SMARTS) is 1. The van der Waals surface area contributed by atoms with Gasteiger partial charge in [0, 0.05) is 28.7 Å². The number of aliphatic hydroxyl groups is 1. The number of aliphatic carboxylic acids is 1. The molecule has 0 aromatic heterocycles. The molecule has 102 valence electrons. The summed E-state index contributed by atoms with van der Waals surface area (Å²) in [5.74, 6) is -1.56. The van der Waals surface area contributed by atoms with Crippen molar-refractivity contribution in [3.05, 3.63) is 28.2 Å². The molecule has 6 nitrogen and oxygen atoms in total. The van der Waals surface area contributed by atoms with Gasteiger partial charge in [0.05, 0.1) is 6.10 Å². The molecule has 1 aromatic rings. The minimum atomic E-state index is -1.12. The van der Waals surface area contributed by atoms with E-state index in [4.69, 9.17) is 10.8 Å². The Morgan fingerprint density at radius 1 is 1.42 bits per heavy atom. The Morgan fingerprint density at radius 2 is 2.11 bits per heavy atom. The van der Waals surface area contributed by atoms with Crippen LogP contribution < -0.4 is 5.73 Å². The summed E-state index contributed by atoms with van der Waals surface area (Å²) in [4.78, 5) is 24.5. The molecule has 0 spiro atoms. The van der Waals surface area contributed by atoms with Gasteiger partial charge >= 0.3 is 5.97 Å². The Bertz CT molecular complexity index is 534. The molecule has 1 unspecified atom stereocenters. The number of benzene rings is 1. The summed E-state index contributed by atoms with van der Waals surface area (Å²) in [5, 5.41) is 18.6. The summed E-state index contributed by atoms with van der Waals surface area (Å²) in [6, 6.07) is 3.68. The lowest BCUT2D eigenvalue weighted by Crippen LogP contribution is -2.40. The number of nitrogens with two attached hydrogens (primary N) is 1. The zero-order valence-corrected chi connectivity index (χ0v) is 11.5. The molecule has 1 aliphatic heterocycles. The summed E-state index contributed by atoms with van der Waals surface area (Å²) in [6.45, 7) is 0.0196. The number of amides is 1. The molecule has 1 aromatic carbocycles. The number of halogens is 1. The van der Waals surface area contributed by atoms with E-state index in [1.165, 1.54) is 6.07 Å². The number of carboxylic acids is 1. The zero-order valence-electron chi connectivity index (χ0n) is 9.91. The van der Waals surface area contributed by atoms with Crippen molar-refractivity contribution in [3.8, 4) is 0 Å². The van der Waals surface area contributed by atoms with E-state index in [1.807, 2.05) is 0 Å². The Morgan fingerprint density at radius 3 is 2.68 bits per heavy atom. The van der Waals surface area contributed by atoms with Gasteiger partial charge in [-0.3, -0.25) is 4.79 Å². The lowest BCUT2D eigenvalue weighted by atomic mass is 10.1. The lowest BCUT2D eigenvalue weighted by Gasteiger charge is -2.21. The molecule has 0 bridgehead atoms. The average Bonchev–Trinajstić information content (AvgIpc) is 2.74. The van der Waals surface area contributed by atoms with Gasteiger partial charge in [0.1, 0.15) is 6.04 Å². The second-order valence-electron chi connectivity index (χ2n) is 4.44. The fourth-order valence-corrected chi connectivity index (χ4v) is 2.36. The quantitative estimate of drug-likeness (QED) is 0.693. The van der Waals surface area contributed by atoms with Gasteiger partial charge in [-0.2, -0.15) is 0 Å². The maximum atomic E-state index is 12.3. The minimum Gasteiger partial charge on any atom is -0.480 e. The van der Waals surface area contributed by atoms with Gasteiger partial charge in [0.2, 0.25) is 0 Å². The van der Waals surface area contributed by atoms with E-state index in [9.17, 15) is 14.7 Å². The SMILES string of the molecule is Nc1cc(C(=O)N2CC(O)C[C@H]2C(=O)O)ccc1Br. The van der Waals surface area contributed by atoms with Crippen LogP contribution in [-0.4, -0.2) is 45.7 Å². The standard InChI is InChI=1S/C12H13BrN2O4/c13-8-2-1-6(3-9(8)14)11(17)15-5-7(16)4-10(15)12(18)19/h1-3,7,10,16H,4-5,14H2,(H,18,19)/t7?,10-/m0/s1. The molecule has 1 fully saturated rings. The maximum Gasteiger partial charge on any atom is 0.326 e. The Balaban J connectivity index is 2.27. The molecule has 0 radical (unpaired) electrons. The number of hydrogen-bond donors (Lipinski definition) is 3. The number of likely N-dealkylation sites (tertiary alicyclic amines) is 1. The Hall–Kier alpha value is -1.60. The Labute approximate surface area is 117 Å². The van der Waals surface area contributed by atoms with E-state index < -0.39 is 24.0 Å². The number of nitrogen functional groups attached to an aromatic ring is 1. The molecule has 2 rings (SSSR count). The van der Waals surface area contributed by atoms with Crippen molar-refractivity contribution < 1.29 is 19.8 Å². The van der Waals surface area contributed by atoms with Crippen molar-refractivity contribution in [2.75, 3.05) is 12.3 Å². The number of rotatable bonds is 2. The lowest BCUT2D eigenvalue weighted by molar-refractivity contribution is -0.141. The van der Waals surface area contributed by atoms with Gasteiger partial charge in [0.15, 0.2) is 0 Å².